The maximum atomic E-state index is 13.5. The zero-order chi connectivity index (χ0) is 25.7. The maximum Gasteiger partial charge on any atom is 0.271 e. The average molecular weight is 501 g/mol. The van der Waals surface area contributed by atoms with E-state index in [-0.39, 0.29) is 17.7 Å². The molecule has 0 fully saturated rings. The Morgan fingerprint density at radius 2 is 1.81 bits per heavy atom. The van der Waals surface area contributed by atoms with Gasteiger partial charge in [0, 0.05) is 47.7 Å². The Labute approximate surface area is 214 Å². The molecule has 1 aliphatic heterocycles. The molecular formula is C28H25ClN4O3. The van der Waals surface area contributed by atoms with Gasteiger partial charge in [-0.05, 0) is 56.2 Å². The van der Waals surface area contributed by atoms with Gasteiger partial charge in [0.05, 0.1) is 11.4 Å². The number of hydrogen-bond donors (Lipinski definition) is 0. The summed E-state index contributed by atoms with van der Waals surface area (Å²) in [6.45, 7) is 4.64. The predicted molar refractivity (Wildman–Crippen MR) is 138 cm³/mol. The van der Waals surface area contributed by atoms with Gasteiger partial charge in [0.2, 0.25) is 0 Å². The Morgan fingerprint density at radius 1 is 1.08 bits per heavy atom. The molecule has 2 aromatic carbocycles. The summed E-state index contributed by atoms with van der Waals surface area (Å²) in [7, 11) is 0. The van der Waals surface area contributed by atoms with E-state index in [2.05, 4.69) is 0 Å². The van der Waals surface area contributed by atoms with Crippen molar-refractivity contribution in [3.8, 4) is 23.0 Å². The zero-order valence-corrected chi connectivity index (χ0v) is 20.8. The van der Waals surface area contributed by atoms with Crippen LogP contribution in [0.3, 0.4) is 0 Å². The molecule has 2 amide bonds. The first-order chi connectivity index (χ1) is 17.4. The van der Waals surface area contributed by atoms with E-state index in [4.69, 9.17) is 21.4 Å². The van der Waals surface area contributed by atoms with E-state index in [1.54, 1.807) is 29.8 Å². The smallest absolute Gasteiger partial charge is 0.271 e. The monoisotopic (exact) mass is 500 g/mol. The van der Waals surface area contributed by atoms with Crippen LogP contribution >= 0.6 is 11.6 Å². The molecule has 0 N–H and O–H groups in total. The number of nitriles is 1. The Morgan fingerprint density at radius 3 is 2.47 bits per heavy atom. The molecular weight excluding hydrogens is 476 g/mol. The van der Waals surface area contributed by atoms with Crippen LogP contribution in [0.2, 0.25) is 5.02 Å². The molecule has 36 heavy (non-hydrogen) atoms. The zero-order valence-electron chi connectivity index (χ0n) is 20.1. The Bertz CT molecular complexity index is 1380. The van der Waals surface area contributed by atoms with E-state index in [0.717, 1.165) is 16.2 Å². The van der Waals surface area contributed by atoms with Gasteiger partial charge >= 0.3 is 0 Å². The molecule has 1 aromatic heterocycles. The summed E-state index contributed by atoms with van der Waals surface area (Å²) in [5, 5.41) is 15.1. The van der Waals surface area contributed by atoms with E-state index < -0.39 is 11.8 Å². The minimum atomic E-state index is -0.577. The van der Waals surface area contributed by atoms with Gasteiger partial charge in [0.15, 0.2) is 0 Å². The summed E-state index contributed by atoms with van der Waals surface area (Å²) in [5.74, 6) is -1.02. The largest absolute Gasteiger partial charge is 0.382 e. The number of nitrogens with zero attached hydrogens (tertiary/aromatic N) is 4. The fourth-order valence-electron chi connectivity index (χ4n) is 4.00. The summed E-state index contributed by atoms with van der Waals surface area (Å²) in [6.07, 6.45) is 4.01. The van der Waals surface area contributed by atoms with Crippen LogP contribution in [0, 0.1) is 11.3 Å². The predicted octanol–water partition coefficient (Wildman–Crippen LogP) is 5.21. The Balaban J connectivity index is 1.82. The number of aromatic nitrogens is 2. The number of imide groups is 1. The van der Waals surface area contributed by atoms with Crippen molar-refractivity contribution in [2.24, 2.45) is 0 Å². The van der Waals surface area contributed by atoms with Crippen LogP contribution in [0.5, 0.6) is 0 Å². The number of ether oxygens (including phenoxy) is 1. The SMILES string of the molecule is CCOCCCN1C(=O)C(C#N)=C(C)/C(=C\c2cn(-c3ccccc3)nc2-c2ccc(Cl)cc2)C1=O. The molecule has 3 aromatic rings. The van der Waals surface area contributed by atoms with Crippen molar-refractivity contribution >= 4 is 29.5 Å². The molecule has 0 unspecified atom stereocenters. The molecule has 2 heterocycles. The minimum Gasteiger partial charge on any atom is -0.382 e. The fraction of sp³-hybridized carbons (Fsp3) is 0.214. The van der Waals surface area contributed by atoms with Gasteiger partial charge in [0.1, 0.15) is 11.6 Å². The van der Waals surface area contributed by atoms with Crippen molar-refractivity contribution in [3.05, 3.63) is 88.1 Å². The van der Waals surface area contributed by atoms with Gasteiger partial charge in [-0.2, -0.15) is 10.4 Å². The van der Waals surface area contributed by atoms with E-state index in [9.17, 15) is 14.9 Å². The lowest BCUT2D eigenvalue weighted by atomic mass is 9.93. The van der Waals surface area contributed by atoms with Gasteiger partial charge in [-0.1, -0.05) is 41.9 Å². The lowest BCUT2D eigenvalue weighted by Gasteiger charge is -2.27. The first-order valence-corrected chi connectivity index (χ1v) is 12.0. The van der Waals surface area contributed by atoms with Gasteiger partial charge in [0.25, 0.3) is 11.8 Å². The molecule has 1 aliphatic rings. The van der Waals surface area contributed by atoms with Crippen LogP contribution in [0.15, 0.2) is 77.5 Å². The topological polar surface area (TPSA) is 88.2 Å². The fourth-order valence-corrected chi connectivity index (χ4v) is 4.12. The van der Waals surface area contributed by atoms with Crippen LogP contribution in [0.1, 0.15) is 25.8 Å². The van der Waals surface area contributed by atoms with Crippen LogP contribution in [-0.4, -0.2) is 46.3 Å². The maximum absolute atomic E-state index is 13.5. The molecule has 0 bridgehead atoms. The highest BCUT2D eigenvalue weighted by atomic mass is 35.5. The lowest BCUT2D eigenvalue weighted by Crippen LogP contribution is -2.43. The molecule has 0 atom stereocenters. The highest BCUT2D eigenvalue weighted by molar-refractivity contribution is 6.30. The highest BCUT2D eigenvalue weighted by Crippen LogP contribution is 2.31. The first-order valence-electron chi connectivity index (χ1n) is 11.6. The van der Waals surface area contributed by atoms with Crippen LogP contribution in [0.25, 0.3) is 23.0 Å². The standard InChI is InChI=1S/C28H25ClN4O3/c1-3-36-15-7-14-32-27(34)24(19(2)25(17-30)28(32)35)16-21-18-33(23-8-5-4-6-9-23)31-26(21)20-10-12-22(29)13-11-20/h4-6,8-13,16,18H,3,7,14-15H2,1-2H3/b24-16+. The second-order valence-corrected chi connectivity index (χ2v) is 8.64. The third-order valence-corrected chi connectivity index (χ3v) is 6.13. The molecule has 8 heteroatoms. The summed E-state index contributed by atoms with van der Waals surface area (Å²) < 4.78 is 7.08. The van der Waals surface area contributed by atoms with Crippen molar-refractivity contribution in [3.63, 3.8) is 0 Å². The van der Waals surface area contributed by atoms with E-state index in [1.807, 2.05) is 61.7 Å². The van der Waals surface area contributed by atoms with Gasteiger partial charge in [-0.3, -0.25) is 14.5 Å². The molecule has 0 radical (unpaired) electrons. The normalized spacial score (nSPS) is 15.1. The number of halogens is 1. The molecule has 182 valence electrons. The van der Waals surface area contributed by atoms with E-state index >= 15 is 0 Å². The summed E-state index contributed by atoms with van der Waals surface area (Å²) in [5.41, 5.74) is 3.57. The number of hydrogen-bond acceptors (Lipinski definition) is 5. The molecule has 0 saturated carbocycles. The number of carbonyl (C=O) groups is 2. The van der Waals surface area contributed by atoms with Crippen molar-refractivity contribution in [1.29, 1.82) is 5.26 Å². The van der Waals surface area contributed by atoms with Crippen LogP contribution in [-0.2, 0) is 14.3 Å². The van der Waals surface area contributed by atoms with E-state index in [1.165, 1.54) is 0 Å². The van der Waals surface area contributed by atoms with E-state index in [0.29, 0.717) is 41.5 Å². The Hall–Kier alpha value is -3.99. The number of para-hydroxylation sites is 1. The van der Waals surface area contributed by atoms with Crippen molar-refractivity contribution < 1.29 is 14.3 Å². The van der Waals surface area contributed by atoms with Crippen molar-refractivity contribution in [2.45, 2.75) is 20.3 Å². The number of benzene rings is 2. The van der Waals surface area contributed by atoms with Crippen LogP contribution in [0.4, 0.5) is 0 Å². The van der Waals surface area contributed by atoms with Crippen molar-refractivity contribution in [2.75, 3.05) is 19.8 Å². The summed E-state index contributed by atoms with van der Waals surface area (Å²) in [6, 6.07) is 18.9. The first kappa shape index (κ1) is 25.1. The molecule has 0 spiro atoms. The highest BCUT2D eigenvalue weighted by Gasteiger charge is 2.35. The quantitative estimate of drug-likeness (QED) is 0.240. The lowest BCUT2D eigenvalue weighted by molar-refractivity contribution is -0.140. The van der Waals surface area contributed by atoms with Crippen molar-refractivity contribution in [1.82, 2.24) is 14.7 Å². The molecule has 0 aliphatic carbocycles. The summed E-state index contributed by atoms with van der Waals surface area (Å²) in [4.78, 5) is 27.5. The van der Waals surface area contributed by atoms with Gasteiger partial charge in [-0.25, -0.2) is 4.68 Å². The van der Waals surface area contributed by atoms with Gasteiger partial charge < -0.3 is 4.74 Å². The minimum absolute atomic E-state index is 0.0410. The third kappa shape index (κ3) is 5.15. The van der Waals surface area contributed by atoms with Crippen LogP contribution < -0.4 is 0 Å². The number of amides is 2. The second kappa shape index (κ2) is 11.2. The summed E-state index contributed by atoms with van der Waals surface area (Å²) >= 11 is 6.09. The number of rotatable bonds is 8. The third-order valence-electron chi connectivity index (χ3n) is 5.88. The second-order valence-electron chi connectivity index (χ2n) is 8.20. The molecule has 7 nitrogen and oxygen atoms in total. The number of carbonyl (C=O) groups excluding carboxylic acids is 2. The molecule has 0 saturated heterocycles. The van der Waals surface area contributed by atoms with Gasteiger partial charge in [-0.15, -0.1) is 0 Å². The Kier molecular flexibility index (Phi) is 7.79. The molecule has 4 rings (SSSR count). The average Bonchev–Trinajstić information content (AvgIpc) is 3.31.